The maximum Gasteiger partial charge on any atom is 0.200 e. The number of aryl methyl sites for hydroxylation is 1. The van der Waals surface area contributed by atoms with Crippen LogP contribution in [0.2, 0.25) is 0 Å². The van der Waals surface area contributed by atoms with Gasteiger partial charge in [0.2, 0.25) is 5.49 Å². The van der Waals surface area contributed by atoms with Crippen molar-refractivity contribution < 1.29 is 4.84 Å². The Labute approximate surface area is 88.4 Å². The molecule has 0 aliphatic carbocycles. The number of fused-ring (bicyclic) bond motifs is 1. The third-order valence-electron chi connectivity index (χ3n) is 2.46. The summed E-state index contributed by atoms with van der Waals surface area (Å²) in [6.07, 6.45) is 1.74. The zero-order valence-electron chi connectivity index (χ0n) is 9.43. The fraction of sp³-hybridized carbons (Fsp3) is 0.556. The van der Waals surface area contributed by atoms with E-state index in [1.165, 1.54) is 0 Å². The predicted octanol–water partition coefficient (Wildman–Crippen LogP) is -0.274. The molecular formula is C9H15N5O. The van der Waals surface area contributed by atoms with Crippen LogP contribution in [0.5, 0.6) is 0 Å². The molecule has 0 bridgehead atoms. The molecule has 82 valence electrons. The van der Waals surface area contributed by atoms with Gasteiger partial charge in [0.25, 0.3) is 0 Å². The molecule has 1 aromatic heterocycles. The van der Waals surface area contributed by atoms with Crippen molar-refractivity contribution in [2.45, 2.75) is 0 Å². The third-order valence-corrected chi connectivity index (χ3v) is 2.46. The molecule has 0 spiro atoms. The number of rotatable bonds is 1. The molecule has 2 heterocycles. The first-order valence-electron chi connectivity index (χ1n) is 4.70. The molecule has 6 nitrogen and oxygen atoms in total. The van der Waals surface area contributed by atoms with Gasteiger partial charge in [-0.2, -0.15) is 0 Å². The molecule has 0 amide bonds. The lowest BCUT2D eigenvalue weighted by molar-refractivity contribution is 0.196. The standard InChI is InChI=1S/C9H15N5O/c1-12-5-10-8-7(9(12)11-15-4)13(2)6-14(8)3/h5H,6H2,1-4H3. The smallest absolute Gasteiger partial charge is 0.200 e. The molecule has 0 atom stereocenters. The number of anilines is 2. The first kappa shape index (κ1) is 9.82. The van der Waals surface area contributed by atoms with E-state index in [9.17, 15) is 0 Å². The summed E-state index contributed by atoms with van der Waals surface area (Å²) >= 11 is 0. The summed E-state index contributed by atoms with van der Waals surface area (Å²) in [5.41, 5.74) is 1.79. The van der Waals surface area contributed by atoms with Crippen molar-refractivity contribution in [1.29, 1.82) is 0 Å². The van der Waals surface area contributed by atoms with E-state index in [2.05, 4.69) is 19.9 Å². The molecule has 0 fully saturated rings. The lowest BCUT2D eigenvalue weighted by Crippen LogP contribution is -2.28. The van der Waals surface area contributed by atoms with Crippen LogP contribution < -0.4 is 15.3 Å². The minimum Gasteiger partial charge on any atom is -0.397 e. The highest BCUT2D eigenvalue weighted by Crippen LogP contribution is 2.27. The summed E-state index contributed by atoms with van der Waals surface area (Å²) < 4.78 is 1.85. The quantitative estimate of drug-likeness (QED) is 0.597. The Balaban J connectivity index is 2.70. The highest BCUT2D eigenvalue weighted by atomic mass is 16.6. The molecule has 1 aromatic rings. The van der Waals surface area contributed by atoms with Gasteiger partial charge in [-0.1, -0.05) is 5.16 Å². The van der Waals surface area contributed by atoms with Crippen molar-refractivity contribution in [2.24, 2.45) is 12.2 Å². The van der Waals surface area contributed by atoms with Gasteiger partial charge in [-0.15, -0.1) is 0 Å². The second-order valence-electron chi connectivity index (χ2n) is 3.66. The molecule has 1 aliphatic rings. The van der Waals surface area contributed by atoms with Gasteiger partial charge < -0.3 is 19.2 Å². The van der Waals surface area contributed by atoms with Crippen molar-refractivity contribution in [1.82, 2.24) is 9.55 Å². The van der Waals surface area contributed by atoms with E-state index in [0.29, 0.717) is 0 Å². The van der Waals surface area contributed by atoms with Gasteiger partial charge in [0.1, 0.15) is 12.8 Å². The fourth-order valence-corrected chi connectivity index (χ4v) is 1.79. The van der Waals surface area contributed by atoms with Crippen LogP contribution in [0.25, 0.3) is 0 Å². The Morgan fingerprint density at radius 1 is 1.33 bits per heavy atom. The van der Waals surface area contributed by atoms with Crippen LogP contribution in [0.3, 0.4) is 0 Å². The number of nitrogens with zero attached hydrogens (tertiary/aromatic N) is 5. The van der Waals surface area contributed by atoms with Crippen molar-refractivity contribution >= 4 is 11.5 Å². The minimum atomic E-state index is 0.786. The summed E-state index contributed by atoms with van der Waals surface area (Å²) in [7, 11) is 7.47. The Hall–Kier alpha value is -1.72. The molecule has 15 heavy (non-hydrogen) atoms. The molecular weight excluding hydrogens is 194 g/mol. The summed E-state index contributed by atoms with van der Waals surface area (Å²) in [5.74, 6) is 0.936. The van der Waals surface area contributed by atoms with Crippen LogP contribution in [0.15, 0.2) is 11.5 Å². The summed E-state index contributed by atoms with van der Waals surface area (Å²) in [5, 5.41) is 4.02. The molecule has 0 aromatic carbocycles. The number of aromatic nitrogens is 2. The second kappa shape index (κ2) is 3.45. The van der Waals surface area contributed by atoms with E-state index in [0.717, 1.165) is 23.7 Å². The molecule has 1 aliphatic heterocycles. The highest BCUT2D eigenvalue weighted by molar-refractivity contribution is 5.70. The predicted molar refractivity (Wildman–Crippen MR) is 57.5 cm³/mol. The molecule has 0 N–H and O–H groups in total. The third kappa shape index (κ3) is 1.42. The normalized spacial score (nSPS) is 15.9. The van der Waals surface area contributed by atoms with E-state index in [1.807, 2.05) is 25.7 Å². The van der Waals surface area contributed by atoms with E-state index < -0.39 is 0 Å². The van der Waals surface area contributed by atoms with E-state index in [-0.39, 0.29) is 0 Å². The minimum absolute atomic E-state index is 0.786. The van der Waals surface area contributed by atoms with Crippen molar-refractivity contribution in [3.8, 4) is 0 Å². The van der Waals surface area contributed by atoms with Crippen molar-refractivity contribution in [3.63, 3.8) is 0 Å². The van der Waals surface area contributed by atoms with Crippen LogP contribution in [0.1, 0.15) is 0 Å². The number of hydrogen-bond donors (Lipinski definition) is 0. The van der Waals surface area contributed by atoms with Gasteiger partial charge in [-0.25, -0.2) is 4.98 Å². The van der Waals surface area contributed by atoms with Gasteiger partial charge in [-0.3, -0.25) is 0 Å². The van der Waals surface area contributed by atoms with Crippen molar-refractivity contribution in [2.75, 3.05) is 37.7 Å². The number of hydrogen-bond acceptors (Lipinski definition) is 5. The largest absolute Gasteiger partial charge is 0.397 e. The van der Waals surface area contributed by atoms with Crippen molar-refractivity contribution in [3.05, 3.63) is 11.8 Å². The summed E-state index contributed by atoms with van der Waals surface area (Å²) in [6, 6.07) is 0. The molecule has 0 saturated heterocycles. The Bertz CT molecular complexity index is 439. The van der Waals surface area contributed by atoms with Gasteiger partial charge in [0.05, 0.1) is 13.0 Å². The van der Waals surface area contributed by atoms with Crippen LogP contribution >= 0.6 is 0 Å². The van der Waals surface area contributed by atoms with E-state index >= 15 is 0 Å². The molecule has 0 radical (unpaired) electrons. The molecule has 6 heteroatoms. The van der Waals surface area contributed by atoms with Gasteiger partial charge in [-0.05, 0) is 0 Å². The lowest BCUT2D eigenvalue weighted by Gasteiger charge is -2.11. The monoisotopic (exact) mass is 209 g/mol. The lowest BCUT2D eigenvalue weighted by atomic mass is 10.4. The molecule has 0 saturated carbocycles. The van der Waals surface area contributed by atoms with Crippen LogP contribution in [0.4, 0.5) is 11.5 Å². The van der Waals surface area contributed by atoms with Gasteiger partial charge in [0.15, 0.2) is 5.82 Å². The maximum atomic E-state index is 4.85. The van der Waals surface area contributed by atoms with Crippen LogP contribution in [-0.2, 0) is 11.9 Å². The van der Waals surface area contributed by atoms with E-state index in [4.69, 9.17) is 4.84 Å². The second-order valence-corrected chi connectivity index (χ2v) is 3.66. The average molecular weight is 209 g/mol. The Kier molecular flexibility index (Phi) is 2.26. The topological polar surface area (TPSA) is 45.9 Å². The fourth-order valence-electron chi connectivity index (χ4n) is 1.79. The zero-order chi connectivity index (χ0) is 11.0. The molecule has 0 unspecified atom stereocenters. The summed E-state index contributed by atoms with van der Waals surface area (Å²) in [4.78, 5) is 13.4. The summed E-state index contributed by atoms with van der Waals surface area (Å²) in [6.45, 7) is 0.818. The van der Waals surface area contributed by atoms with Gasteiger partial charge in [0, 0.05) is 21.1 Å². The maximum absolute atomic E-state index is 4.85. The van der Waals surface area contributed by atoms with Crippen LogP contribution in [0, 0.1) is 0 Å². The first-order valence-corrected chi connectivity index (χ1v) is 4.70. The SMILES string of the molecule is CON=c1c2c(ncn1C)N(C)CN2C. The van der Waals surface area contributed by atoms with E-state index in [1.54, 1.807) is 13.4 Å². The van der Waals surface area contributed by atoms with Crippen LogP contribution in [-0.4, -0.2) is 37.4 Å². The van der Waals surface area contributed by atoms with Gasteiger partial charge >= 0.3 is 0 Å². The Morgan fingerprint density at radius 3 is 2.73 bits per heavy atom. The average Bonchev–Trinajstić information content (AvgIpc) is 2.47. The Morgan fingerprint density at radius 2 is 2.07 bits per heavy atom. The molecule has 2 rings (SSSR count). The first-order chi connectivity index (χ1) is 7.15. The zero-order valence-corrected chi connectivity index (χ0v) is 9.43. The highest BCUT2D eigenvalue weighted by Gasteiger charge is 2.24.